The van der Waals surface area contributed by atoms with E-state index in [0.29, 0.717) is 6.67 Å². The number of rotatable bonds is 5. The van der Waals surface area contributed by atoms with E-state index in [9.17, 15) is 9.59 Å². The molecule has 154 valence electrons. The van der Waals surface area contributed by atoms with Crippen molar-refractivity contribution in [2.24, 2.45) is 5.92 Å². The zero-order chi connectivity index (χ0) is 20.6. The van der Waals surface area contributed by atoms with E-state index in [1.807, 2.05) is 19.2 Å². The number of carbonyl (C=O) groups excluding carboxylic acids is 2. The van der Waals surface area contributed by atoms with Crippen molar-refractivity contribution < 1.29 is 19.2 Å². The van der Waals surface area contributed by atoms with Crippen LogP contribution in [-0.2, 0) is 11.3 Å². The van der Waals surface area contributed by atoms with Crippen LogP contribution < -0.4 is 15.0 Å². The first-order chi connectivity index (χ1) is 13.9. The largest absolute Gasteiger partial charge is 0.497 e. The first-order valence-electron chi connectivity index (χ1n) is 10.4. The predicted molar refractivity (Wildman–Crippen MR) is 112 cm³/mol. The zero-order valence-electron chi connectivity index (χ0n) is 17.5. The Kier molecular flexibility index (Phi) is 5.21. The lowest BCUT2D eigenvalue weighted by Gasteiger charge is -2.36. The molecule has 2 aliphatic rings. The number of hydrogen-bond acceptors (Lipinski definition) is 3. The van der Waals surface area contributed by atoms with Gasteiger partial charge in [0.1, 0.15) is 17.8 Å². The average molecular weight is 397 g/mol. The van der Waals surface area contributed by atoms with Gasteiger partial charge in [0, 0.05) is 5.56 Å². The number of quaternary nitrogens is 1. The monoisotopic (exact) mass is 396 g/mol. The smallest absolute Gasteiger partial charge is 0.329 e. The Labute approximate surface area is 171 Å². The molecule has 2 N–H and O–H groups in total. The number of ether oxygens (including phenoxy) is 1. The first-order valence-corrected chi connectivity index (χ1v) is 10.4. The van der Waals surface area contributed by atoms with Crippen LogP contribution in [0, 0.1) is 5.92 Å². The number of methoxy groups -OCH3 is 1. The summed E-state index contributed by atoms with van der Waals surface area (Å²) in [6.45, 7) is 3.20. The molecule has 1 heterocycles. The van der Waals surface area contributed by atoms with Gasteiger partial charge in [-0.15, -0.1) is 0 Å². The van der Waals surface area contributed by atoms with Crippen LogP contribution in [0.1, 0.15) is 38.2 Å². The summed E-state index contributed by atoms with van der Waals surface area (Å²) in [5.41, 5.74) is 0.491. The molecule has 3 atom stereocenters. The van der Waals surface area contributed by atoms with Crippen molar-refractivity contribution in [3.05, 3.63) is 42.0 Å². The summed E-state index contributed by atoms with van der Waals surface area (Å²) in [5, 5.41) is 5.32. The Morgan fingerprint density at radius 2 is 1.93 bits per heavy atom. The molecule has 2 aromatic rings. The maximum atomic E-state index is 13.1. The van der Waals surface area contributed by atoms with Crippen LogP contribution in [0.15, 0.2) is 36.4 Å². The fourth-order valence-corrected chi connectivity index (χ4v) is 4.82. The van der Waals surface area contributed by atoms with Crippen molar-refractivity contribution in [1.29, 1.82) is 0 Å². The topological polar surface area (TPSA) is 63.1 Å². The maximum absolute atomic E-state index is 13.1. The van der Waals surface area contributed by atoms with E-state index in [1.165, 1.54) is 10.5 Å². The number of fused-ring (bicyclic) bond motifs is 1. The molecule has 1 aliphatic carbocycles. The number of urea groups is 1. The maximum Gasteiger partial charge on any atom is 0.329 e. The number of nitrogens with zero attached hydrogens (tertiary/aromatic N) is 1. The Balaban J connectivity index is 1.45. The fraction of sp³-hybridized carbons (Fsp3) is 0.478. The summed E-state index contributed by atoms with van der Waals surface area (Å²) in [6.07, 6.45) is 3.87. The third-order valence-corrected chi connectivity index (χ3v) is 6.55. The van der Waals surface area contributed by atoms with Gasteiger partial charge < -0.3 is 15.0 Å². The van der Waals surface area contributed by atoms with Crippen LogP contribution in [0.4, 0.5) is 4.79 Å². The van der Waals surface area contributed by atoms with Crippen LogP contribution in [0.3, 0.4) is 0 Å². The van der Waals surface area contributed by atoms with Crippen LogP contribution in [0.5, 0.6) is 5.75 Å². The Morgan fingerprint density at radius 1 is 1.17 bits per heavy atom. The lowest BCUT2D eigenvalue weighted by Crippen LogP contribution is -3.09. The lowest BCUT2D eigenvalue weighted by atomic mass is 9.73. The number of amides is 3. The number of nitrogens with one attached hydrogen (secondary N) is 2. The molecule has 6 nitrogen and oxygen atoms in total. The van der Waals surface area contributed by atoms with Gasteiger partial charge in [0.25, 0.3) is 5.91 Å². The van der Waals surface area contributed by atoms with Gasteiger partial charge in [-0.1, -0.05) is 38.0 Å². The standard InChI is InChI=1S/C23H29N3O3/c1-16-6-4-5-11-23(16)21(27)26(22(28)24-23)15-25(2)14-17-7-8-19-13-20(29-3)10-9-18(19)12-17/h7-10,12-13,16H,4-6,11,14-15H2,1-3H3,(H,24,28)/p+1/t16-,23+/m0/s1. The number of hydrogen-bond donors (Lipinski definition) is 2. The van der Waals surface area contributed by atoms with Crippen molar-refractivity contribution >= 4 is 22.7 Å². The SMILES string of the molecule is COc1ccc2cc(C[NH+](C)CN3C(=O)N[C@@]4(CCCC[C@@H]4C)C3=O)ccc2c1. The Morgan fingerprint density at radius 3 is 2.69 bits per heavy atom. The van der Waals surface area contributed by atoms with Crippen LogP contribution in [0.25, 0.3) is 10.8 Å². The molecular weight excluding hydrogens is 366 g/mol. The fourth-order valence-electron chi connectivity index (χ4n) is 4.82. The summed E-state index contributed by atoms with van der Waals surface area (Å²) in [4.78, 5) is 28.3. The molecule has 0 radical (unpaired) electrons. The van der Waals surface area contributed by atoms with Gasteiger partial charge in [0.15, 0.2) is 6.67 Å². The van der Waals surface area contributed by atoms with Gasteiger partial charge in [0.2, 0.25) is 0 Å². The molecule has 1 spiro atoms. The van der Waals surface area contributed by atoms with Crippen molar-refractivity contribution in [1.82, 2.24) is 10.2 Å². The number of carbonyl (C=O) groups is 2. The Hall–Kier alpha value is -2.60. The molecule has 1 aliphatic heterocycles. The molecule has 4 rings (SSSR count). The van der Waals surface area contributed by atoms with E-state index in [1.54, 1.807) is 7.11 Å². The molecule has 0 bridgehead atoms. The highest BCUT2D eigenvalue weighted by atomic mass is 16.5. The van der Waals surface area contributed by atoms with E-state index in [-0.39, 0.29) is 17.9 Å². The van der Waals surface area contributed by atoms with Crippen molar-refractivity contribution in [2.45, 2.75) is 44.7 Å². The van der Waals surface area contributed by atoms with Crippen molar-refractivity contribution in [3.63, 3.8) is 0 Å². The molecule has 1 saturated carbocycles. The van der Waals surface area contributed by atoms with Crippen LogP contribution in [0.2, 0.25) is 0 Å². The van der Waals surface area contributed by atoms with E-state index in [0.717, 1.165) is 53.6 Å². The molecule has 29 heavy (non-hydrogen) atoms. The zero-order valence-corrected chi connectivity index (χ0v) is 17.5. The first kappa shape index (κ1) is 19.7. The summed E-state index contributed by atoms with van der Waals surface area (Å²) < 4.78 is 5.29. The second kappa shape index (κ2) is 7.67. The lowest BCUT2D eigenvalue weighted by molar-refractivity contribution is -0.901. The van der Waals surface area contributed by atoms with E-state index < -0.39 is 5.54 Å². The molecule has 1 saturated heterocycles. The highest BCUT2D eigenvalue weighted by Crippen LogP contribution is 2.37. The summed E-state index contributed by atoms with van der Waals surface area (Å²) in [5.74, 6) is 0.993. The van der Waals surface area contributed by atoms with Gasteiger partial charge in [-0.25, -0.2) is 9.69 Å². The molecule has 0 aromatic heterocycles. The number of imide groups is 1. The van der Waals surface area contributed by atoms with E-state index in [2.05, 4.69) is 36.5 Å². The normalized spacial score (nSPS) is 25.5. The second-order valence-electron chi connectivity index (χ2n) is 8.62. The Bertz CT molecular complexity index is 944. The minimum Gasteiger partial charge on any atom is -0.497 e. The van der Waals surface area contributed by atoms with Gasteiger partial charge in [-0.2, -0.15) is 0 Å². The molecular formula is C23H30N3O3+. The van der Waals surface area contributed by atoms with Gasteiger partial charge >= 0.3 is 6.03 Å². The molecule has 3 amide bonds. The van der Waals surface area contributed by atoms with Gasteiger partial charge in [0.05, 0.1) is 14.2 Å². The minimum absolute atomic E-state index is 0.0420. The minimum atomic E-state index is -0.683. The van der Waals surface area contributed by atoms with Crippen molar-refractivity contribution in [3.8, 4) is 5.75 Å². The van der Waals surface area contributed by atoms with E-state index in [4.69, 9.17) is 4.74 Å². The quantitative estimate of drug-likeness (QED) is 0.763. The summed E-state index contributed by atoms with van der Waals surface area (Å²) in [6, 6.07) is 12.1. The van der Waals surface area contributed by atoms with Gasteiger partial charge in [-0.3, -0.25) is 4.79 Å². The summed E-state index contributed by atoms with van der Waals surface area (Å²) in [7, 11) is 3.69. The highest BCUT2D eigenvalue weighted by Gasteiger charge is 2.55. The van der Waals surface area contributed by atoms with Gasteiger partial charge in [-0.05, 0) is 47.7 Å². The van der Waals surface area contributed by atoms with Crippen LogP contribution >= 0.6 is 0 Å². The average Bonchev–Trinajstić information content (AvgIpc) is 2.94. The third-order valence-electron chi connectivity index (χ3n) is 6.55. The second-order valence-corrected chi connectivity index (χ2v) is 8.62. The predicted octanol–water partition coefficient (Wildman–Crippen LogP) is 2.32. The summed E-state index contributed by atoms with van der Waals surface area (Å²) >= 11 is 0. The molecule has 6 heteroatoms. The van der Waals surface area contributed by atoms with Crippen LogP contribution in [-0.4, -0.2) is 43.2 Å². The molecule has 2 fully saturated rings. The highest BCUT2D eigenvalue weighted by molar-refractivity contribution is 6.07. The molecule has 1 unspecified atom stereocenters. The number of benzene rings is 2. The van der Waals surface area contributed by atoms with Crippen molar-refractivity contribution in [2.75, 3.05) is 20.8 Å². The van der Waals surface area contributed by atoms with E-state index >= 15 is 0 Å². The third kappa shape index (κ3) is 3.57. The molecule has 2 aromatic carbocycles.